The second kappa shape index (κ2) is 4380. The van der Waals surface area contributed by atoms with Gasteiger partial charge in [-0.05, 0) is 0 Å². The SMILES string of the molecule is O.O.O.O.O=O.O=O.O=O.OO.OO.OO.[H-].[H-].[Mg+2]. The van der Waals surface area contributed by atoms with E-state index in [-0.39, 0.29) is 47.8 Å². The van der Waals surface area contributed by atoms with Crippen molar-refractivity contribution in [3.05, 3.63) is 29.8 Å². The maximum absolute atomic E-state index is 7.00. The molecule has 16 nitrogen and oxygen atoms in total. The van der Waals surface area contributed by atoms with E-state index in [2.05, 4.69) is 0 Å². The number of hydrogen-bond acceptors (Lipinski definition) is 12. The molecule has 0 heterocycles. The van der Waals surface area contributed by atoms with Crippen LogP contribution in [0, 0.1) is 29.8 Å². The molecule has 0 unspecified atom stereocenters. The Balaban J connectivity index is -0.00000000193. The van der Waals surface area contributed by atoms with Gasteiger partial charge in [-0.1, -0.05) is 0 Å². The van der Waals surface area contributed by atoms with Gasteiger partial charge in [-0.2, -0.15) is 0 Å². The molecule has 0 radical (unpaired) electrons. The van der Waals surface area contributed by atoms with Crippen LogP contribution in [0.1, 0.15) is 2.85 Å². The van der Waals surface area contributed by atoms with Crippen molar-refractivity contribution in [3.8, 4) is 0 Å². The van der Waals surface area contributed by atoms with Gasteiger partial charge in [0, 0.05) is 29.8 Å². The van der Waals surface area contributed by atoms with Crippen LogP contribution in [0.15, 0.2) is 0 Å². The summed E-state index contributed by atoms with van der Waals surface area (Å²) >= 11 is 0. The molecule has 0 aliphatic carbocycles. The van der Waals surface area contributed by atoms with Crippen LogP contribution < -0.4 is 0 Å². The molecule has 0 saturated heterocycles. The third-order valence-corrected chi connectivity index (χ3v) is 0. The molecular formula is H16MgO16. The van der Waals surface area contributed by atoms with E-state index < -0.39 is 0 Å². The summed E-state index contributed by atoms with van der Waals surface area (Å²) in [5, 5.41) is 36.0. The molecule has 0 aromatic heterocycles. The van der Waals surface area contributed by atoms with Crippen molar-refractivity contribution in [1.29, 1.82) is 0 Å². The molecule has 0 atom stereocenters. The first-order valence-electron chi connectivity index (χ1n) is 1.10. The van der Waals surface area contributed by atoms with E-state index in [4.69, 9.17) is 61.3 Å². The fourth-order valence-electron chi connectivity index (χ4n) is 0. The Morgan fingerprint density at radius 2 is 0.412 bits per heavy atom. The normalized spacial score (nSPS) is 1.76. The minimum absolute atomic E-state index is 0. The minimum Gasteiger partial charge on any atom is -1.00 e. The zero-order chi connectivity index (χ0) is 12.0. The maximum Gasteiger partial charge on any atom is 2.00 e. The molecule has 0 saturated carbocycles. The van der Waals surface area contributed by atoms with Crippen LogP contribution in [0.4, 0.5) is 0 Å². The Labute approximate surface area is 110 Å². The van der Waals surface area contributed by atoms with Crippen LogP contribution in [0.2, 0.25) is 0 Å². The molecule has 0 aromatic carbocycles. The Morgan fingerprint density at radius 3 is 0.412 bits per heavy atom. The molecule has 17 heteroatoms. The first kappa shape index (κ1) is 139. The van der Waals surface area contributed by atoms with Gasteiger partial charge in [0.2, 0.25) is 0 Å². The van der Waals surface area contributed by atoms with Gasteiger partial charge < -0.3 is 24.8 Å². The van der Waals surface area contributed by atoms with E-state index in [1.54, 1.807) is 0 Å². The fourth-order valence-corrected chi connectivity index (χ4v) is 0. The van der Waals surface area contributed by atoms with Gasteiger partial charge in [-0.3, -0.25) is 31.5 Å². The van der Waals surface area contributed by atoms with E-state index in [1.165, 1.54) is 0 Å². The van der Waals surface area contributed by atoms with Crippen LogP contribution in [0.5, 0.6) is 0 Å². The third kappa shape index (κ3) is 3780. The number of rotatable bonds is 0. The molecule has 0 fully saturated rings. The largest absolute Gasteiger partial charge is 2.00 e. The minimum atomic E-state index is 0. The van der Waals surface area contributed by atoms with Crippen molar-refractivity contribution in [1.82, 2.24) is 0 Å². The molecule has 0 bridgehead atoms. The Morgan fingerprint density at radius 1 is 0.412 bits per heavy atom. The van der Waals surface area contributed by atoms with Crippen molar-refractivity contribution < 1.29 is 56.3 Å². The standard InChI is InChI=1S/Mg.3H2O2.3O2.4H2O.2H/c;6*1-2;;;;;;/h;3*1-2H;;;;4*1H2;;/q+2;;;;;;;;;;;2*-1. The fraction of sp³-hybridized carbons (Fsp3) is 0. The summed E-state index contributed by atoms with van der Waals surface area (Å²) in [5.74, 6) is 0. The monoisotopic (exact) mass is 296 g/mol. The van der Waals surface area contributed by atoms with E-state index in [9.17, 15) is 0 Å². The summed E-state index contributed by atoms with van der Waals surface area (Å²) in [7, 11) is 0. The third-order valence-electron chi connectivity index (χ3n) is 0. The van der Waals surface area contributed by atoms with E-state index in [0.717, 1.165) is 0 Å². The van der Waals surface area contributed by atoms with E-state index in [1.807, 2.05) is 0 Å². The van der Waals surface area contributed by atoms with Crippen LogP contribution in [-0.2, 0) is 0 Å². The first-order chi connectivity index (χ1) is 6.00. The van der Waals surface area contributed by atoms with Gasteiger partial charge in [-0.15, -0.1) is 0 Å². The summed E-state index contributed by atoms with van der Waals surface area (Å²) in [5.41, 5.74) is 0. The second-order valence-electron chi connectivity index (χ2n) is 0. The zero-order valence-electron chi connectivity index (χ0n) is 9.84. The zero-order valence-corrected chi connectivity index (χ0v) is 9.25. The van der Waals surface area contributed by atoms with Crippen LogP contribution in [0.3, 0.4) is 0 Å². The molecular weight excluding hydrogens is 280 g/mol. The summed E-state index contributed by atoms with van der Waals surface area (Å²) in [6.07, 6.45) is 0. The van der Waals surface area contributed by atoms with Gasteiger partial charge in [0.05, 0.1) is 0 Å². The molecule has 14 N–H and O–H groups in total. The predicted molar refractivity (Wildman–Crippen MR) is 58.4 cm³/mol. The van der Waals surface area contributed by atoms with Gasteiger partial charge in [0.25, 0.3) is 0 Å². The average Bonchev–Trinajstić information content (AvgIpc) is 2.33. The average molecular weight is 296 g/mol. The molecule has 114 valence electrons. The summed E-state index contributed by atoms with van der Waals surface area (Å²) in [6.45, 7) is 0. The van der Waals surface area contributed by atoms with Gasteiger partial charge in [0.1, 0.15) is 0 Å². The smallest absolute Gasteiger partial charge is 1.00 e. The second-order valence-corrected chi connectivity index (χ2v) is 0. The maximum atomic E-state index is 7.00. The molecule has 0 aromatic rings. The Kier molecular flexibility index (Phi) is 35900. The summed E-state index contributed by atoms with van der Waals surface area (Å²) < 4.78 is 0. The van der Waals surface area contributed by atoms with E-state index >= 15 is 0 Å². The summed E-state index contributed by atoms with van der Waals surface area (Å²) in [4.78, 5) is 42.0. The van der Waals surface area contributed by atoms with Crippen molar-refractivity contribution in [2.24, 2.45) is 0 Å². The Hall–Kier alpha value is -0.834. The Bertz CT molecular complexity index is 19.5. The molecule has 17 heavy (non-hydrogen) atoms. The van der Waals surface area contributed by atoms with Crippen LogP contribution in [-0.4, -0.2) is 76.5 Å². The summed E-state index contributed by atoms with van der Waals surface area (Å²) in [6, 6.07) is 0. The molecule has 0 aliphatic rings. The van der Waals surface area contributed by atoms with Crippen molar-refractivity contribution >= 4 is 23.1 Å². The van der Waals surface area contributed by atoms with Gasteiger partial charge in [0.15, 0.2) is 0 Å². The molecule has 0 spiro atoms. The first-order valence-corrected chi connectivity index (χ1v) is 1.10. The van der Waals surface area contributed by atoms with E-state index in [0.29, 0.717) is 0 Å². The molecule has 0 aliphatic heterocycles. The predicted octanol–water partition coefficient (Wildman–Crippen LogP) is -3.20. The quantitative estimate of drug-likeness (QED) is 0.146. The number of hydrogen-bond donors (Lipinski definition) is 6. The van der Waals surface area contributed by atoms with Crippen molar-refractivity contribution in [2.75, 3.05) is 0 Å². The van der Waals surface area contributed by atoms with Gasteiger partial charge in [-0.25, -0.2) is 0 Å². The van der Waals surface area contributed by atoms with Crippen LogP contribution in [0.25, 0.3) is 0 Å². The van der Waals surface area contributed by atoms with Crippen molar-refractivity contribution in [2.45, 2.75) is 0 Å². The molecule has 0 amide bonds. The topological polar surface area (TPSA) is 350 Å². The molecule has 0 rings (SSSR count). The van der Waals surface area contributed by atoms with Crippen molar-refractivity contribution in [3.63, 3.8) is 0 Å². The van der Waals surface area contributed by atoms with Gasteiger partial charge >= 0.3 is 23.1 Å². The van der Waals surface area contributed by atoms with Crippen LogP contribution >= 0.6 is 0 Å².